The summed E-state index contributed by atoms with van der Waals surface area (Å²) >= 11 is 0. The Bertz CT molecular complexity index is 339. The first-order chi connectivity index (χ1) is 8.69. The molecule has 0 aliphatic rings. The second kappa shape index (κ2) is 7.98. The molecule has 3 heteroatoms. The molecule has 0 radical (unpaired) electrons. The Morgan fingerprint density at radius 2 is 1.72 bits per heavy atom. The molecule has 0 aromatic heterocycles. The summed E-state index contributed by atoms with van der Waals surface area (Å²) in [5, 5.41) is 0. The van der Waals surface area contributed by atoms with Crippen LogP contribution in [-0.2, 0) is 0 Å². The van der Waals surface area contributed by atoms with E-state index in [9.17, 15) is 0 Å². The Hall–Kier alpha value is -1.22. The van der Waals surface area contributed by atoms with Crippen molar-refractivity contribution in [1.82, 2.24) is 0 Å². The van der Waals surface area contributed by atoms with E-state index < -0.39 is 0 Å². The second-order valence-corrected chi connectivity index (χ2v) is 4.54. The molecule has 0 heterocycles. The van der Waals surface area contributed by atoms with Crippen molar-refractivity contribution < 1.29 is 9.47 Å². The van der Waals surface area contributed by atoms with E-state index in [1.165, 1.54) is 0 Å². The van der Waals surface area contributed by atoms with Crippen LogP contribution >= 0.6 is 0 Å². The molecule has 0 fully saturated rings. The highest BCUT2D eigenvalue weighted by Crippen LogP contribution is 2.26. The van der Waals surface area contributed by atoms with Gasteiger partial charge in [-0.3, -0.25) is 0 Å². The van der Waals surface area contributed by atoms with E-state index in [4.69, 9.17) is 15.2 Å². The molecule has 0 bridgehead atoms. The zero-order valence-electron chi connectivity index (χ0n) is 11.7. The van der Waals surface area contributed by atoms with Crippen molar-refractivity contribution in [1.29, 1.82) is 0 Å². The molecule has 0 aliphatic heterocycles. The van der Waals surface area contributed by atoms with Gasteiger partial charge in [-0.05, 0) is 38.3 Å². The molecule has 102 valence electrons. The topological polar surface area (TPSA) is 44.5 Å². The maximum absolute atomic E-state index is 5.92. The molecule has 0 saturated heterocycles. The summed E-state index contributed by atoms with van der Waals surface area (Å²) < 4.78 is 11.3. The first kappa shape index (κ1) is 14.8. The van der Waals surface area contributed by atoms with Gasteiger partial charge < -0.3 is 15.2 Å². The summed E-state index contributed by atoms with van der Waals surface area (Å²) in [6.07, 6.45) is 2.07. The lowest BCUT2D eigenvalue weighted by Gasteiger charge is -2.19. The van der Waals surface area contributed by atoms with Crippen molar-refractivity contribution in [3.8, 4) is 11.5 Å². The molecule has 2 atom stereocenters. The van der Waals surface area contributed by atoms with E-state index in [0.717, 1.165) is 24.3 Å². The number of hydrogen-bond acceptors (Lipinski definition) is 3. The highest BCUT2D eigenvalue weighted by atomic mass is 16.5. The van der Waals surface area contributed by atoms with Gasteiger partial charge in [0.05, 0.1) is 13.2 Å². The standard InChI is InChI=1S/C15H25NO2/c1-4-13(12(3)16)10-11-18-15-9-7-6-8-14(15)17-5-2/h6-9,12-13H,4-5,10-11,16H2,1-3H3. The molecule has 3 nitrogen and oxygen atoms in total. The van der Waals surface area contributed by atoms with Crippen LogP contribution in [0.4, 0.5) is 0 Å². The average molecular weight is 251 g/mol. The number of benzene rings is 1. The van der Waals surface area contributed by atoms with Crippen molar-refractivity contribution in [3.63, 3.8) is 0 Å². The van der Waals surface area contributed by atoms with Crippen molar-refractivity contribution in [2.45, 2.75) is 39.7 Å². The normalized spacial score (nSPS) is 14.0. The van der Waals surface area contributed by atoms with E-state index in [0.29, 0.717) is 19.1 Å². The van der Waals surface area contributed by atoms with Crippen LogP contribution in [0.1, 0.15) is 33.6 Å². The molecular weight excluding hydrogens is 226 g/mol. The number of para-hydroxylation sites is 2. The summed E-state index contributed by atoms with van der Waals surface area (Å²) in [6, 6.07) is 8.01. The van der Waals surface area contributed by atoms with Crippen LogP contribution < -0.4 is 15.2 Å². The predicted molar refractivity (Wildman–Crippen MR) is 75.2 cm³/mol. The van der Waals surface area contributed by atoms with Crippen LogP contribution in [0.2, 0.25) is 0 Å². The largest absolute Gasteiger partial charge is 0.490 e. The quantitative estimate of drug-likeness (QED) is 0.771. The van der Waals surface area contributed by atoms with Crippen LogP contribution in [-0.4, -0.2) is 19.3 Å². The highest BCUT2D eigenvalue weighted by Gasteiger charge is 2.12. The first-order valence-corrected chi connectivity index (χ1v) is 6.79. The second-order valence-electron chi connectivity index (χ2n) is 4.54. The molecule has 1 aromatic rings. The highest BCUT2D eigenvalue weighted by molar-refractivity contribution is 5.39. The predicted octanol–water partition coefficient (Wildman–Crippen LogP) is 3.23. The molecule has 2 N–H and O–H groups in total. The van der Waals surface area contributed by atoms with Gasteiger partial charge in [0, 0.05) is 6.04 Å². The van der Waals surface area contributed by atoms with Gasteiger partial charge in [-0.15, -0.1) is 0 Å². The van der Waals surface area contributed by atoms with E-state index in [1.54, 1.807) is 0 Å². The van der Waals surface area contributed by atoms with Gasteiger partial charge in [0.15, 0.2) is 11.5 Å². The molecule has 2 unspecified atom stereocenters. The van der Waals surface area contributed by atoms with Crippen LogP contribution in [0.15, 0.2) is 24.3 Å². The SMILES string of the molecule is CCOc1ccccc1OCCC(CC)C(C)N. The van der Waals surface area contributed by atoms with Gasteiger partial charge in [0.25, 0.3) is 0 Å². The van der Waals surface area contributed by atoms with Crippen LogP contribution in [0.5, 0.6) is 11.5 Å². The molecular formula is C15H25NO2. The Kier molecular flexibility index (Phi) is 6.58. The molecule has 1 rings (SSSR count). The number of rotatable bonds is 8. The summed E-state index contributed by atoms with van der Waals surface area (Å²) in [5.41, 5.74) is 5.92. The molecule has 0 spiro atoms. The van der Waals surface area contributed by atoms with Gasteiger partial charge in [-0.1, -0.05) is 25.5 Å². The van der Waals surface area contributed by atoms with E-state index in [2.05, 4.69) is 13.8 Å². The van der Waals surface area contributed by atoms with Gasteiger partial charge in [-0.2, -0.15) is 0 Å². The molecule has 0 aliphatic carbocycles. The molecule has 0 saturated carbocycles. The summed E-state index contributed by atoms with van der Waals surface area (Å²) in [6.45, 7) is 7.53. The van der Waals surface area contributed by atoms with Gasteiger partial charge in [0.1, 0.15) is 0 Å². The Labute approximate surface area is 110 Å². The minimum absolute atomic E-state index is 0.223. The summed E-state index contributed by atoms with van der Waals surface area (Å²) in [7, 11) is 0. The van der Waals surface area contributed by atoms with Crippen molar-refractivity contribution >= 4 is 0 Å². The molecule has 0 amide bonds. The van der Waals surface area contributed by atoms with Crippen molar-refractivity contribution in [2.75, 3.05) is 13.2 Å². The third-order valence-electron chi connectivity index (χ3n) is 3.16. The number of hydrogen-bond donors (Lipinski definition) is 1. The summed E-state index contributed by atoms with van der Waals surface area (Å²) in [5.74, 6) is 2.15. The zero-order chi connectivity index (χ0) is 13.4. The number of nitrogens with two attached hydrogens (primary N) is 1. The number of ether oxygens (including phenoxy) is 2. The van der Waals surface area contributed by atoms with Crippen LogP contribution in [0.25, 0.3) is 0 Å². The third kappa shape index (κ3) is 4.57. The van der Waals surface area contributed by atoms with Crippen LogP contribution in [0, 0.1) is 5.92 Å². The maximum Gasteiger partial charge on any atom is 0.161 e. The minimum Gasteiger partial charge on any atom is -0.490 e. The van der Waals surface area contributed by atoms with Gasteiger partial charge in [-0.25, -0.2) is 0 Å². The maximum atomic E-state index is 5.92. The lowest BCUT2D eigenvalue weighted by atomic mass is 9.96. The fraction of sp³-hybridized carbons (Fsp3) is 0.600. The first-order valence-electron chi connectivity index (χ1n) is 6.79. The van der Waals surface area contributed by atoms with Crippen molar-refractivity contribution in [2.24, 2.45) is 11.7 Å². The minimum atomic E-state index is 0.223. The zero-order valence-corrected chi connectivity index (χ0v) is 11.7. The third-order valence-corrected chi connectivity index (χ3v) is 3.16. The monoisotopic (exact) mass is 251 g/mol. The molecule has 1 aromatic carbocycles. The average Bonchev–Trinajstić information content (AvgIpc) is 2.36. The Morgan fingerprint density at radius 3 is 2.22 bits per heavy atom. The van der Waals surface area contributed by atoms with Gasteiger partial charge in [0.2, 0.25) is 0 Å². The lowest BCUT2D eigenvalue weighted by molar-refractivity contribution is 0.243. The van der Waals surface area contributed by atoms with Crippen LogP contribution in [0.3, 0.4) is 0 Å². The van der Waals surface area contributed by atoms with Gasteiger partial charge >= 0.3 is 0 Å². The Morgan fingerprint density at radius 1 is 1.11 bits per heavy atom. The molecule has 18 heavy (non-hydrogen) atoms. The van der Waals surface area contributed by atoms with E-state index in [1.807, 2.05) is 31.2 Å². The Balaban J connectivity index is 2.48. The lowest BCUT2D eigenvalue weighted by Crippen LogP contribution is -2.27. The smallest absolute Gasteiger partial charge is 0.161 e. The fourth-order valence-corrected chi connectivity index (χ4v) is 2.00. The van der Waals surface area contributed by atoms with E-state index >= 15 is 0 Å². The van der Waals surface area contributed by atoms with Crippen molar-refractivity contribution in [3.05, 3.63) is 24.3 Å². The fourth-order valence-electron chi connectivity index (χ4n) is 2.00. The summed E-state index contributed by atoms with van der Waals surface area (Å²) in [4.78, 5) is 0. The van der Waals surface area contributed by atoms with E-state index in [-0.39, 0.29) is 6.04 Å².